The standard InChI is InChI=1S/C38H31BO3/c1-37(2)38(3,4)42-39(41-37)33-14-9-15-34-35(33)32-23-31(29-12-7-8-13-30(29)36(32)40-34)26-19-16-25(17-20-26)28-21-18-24-10-5-6-11-27(24)22-28/h5-23H,1-4H3. The number of rotatable bonds is 3. The lowest BCUT2D eigenvalue weighted by molar-refractivity contribution is 0.00578. The molecule has 0 atom stereocenters. The fourth-order valence-electron chi connectivity index (χ4n) is 6.29. The molecule has 0 saturated carbocycles. The van der Waals surface area contributed by atoms with Crippen LogP contribution in [0.15, 0.2) is 120 Å². The quantitative estimate of drug-likeness (QED) is 0.207. The Labute approximate surface area is 245 Å². The highest BCUT2D eigenvalue weighted by Gasteiger charge is 2.52. The molecule has 0 N–H and O–H groups in total. The number of hydrogen-bond acceptors (Lipinski definition) is 3. The summed E-state index contributed by atoms with van der Waals surface area (Å²) in [5.74, 6) is 0. The van der Waals surface area contributed by atoms with E-state index in [1.807, 2.05) is 12.1 Å². The molecule has 0 spiro atoms. The molecule has 6 aromatic carbocycles. The number of benzene rings is 6. The Balaban J connectivity index is 1.29. The Kier molecular flexibility index (Phi) is 5.47. The highest BCUT2D eigenvalue weighted by atomic mass is 16.7. The van der Waals surface area contributed by atoms with Crippen molar-refractivity contribution in [1.82, 2.24) is 0 Å². The van der Waals surface area contributed by atoms with Gasteiger partial charge in [0.1, 0.15) is 11.2 Å². The van der Waals surface area contributed by atoms with Crippen LogP contribution >= 0.6 is 0 Å². The van der Waals surface area contributed by atoms with Crippen molar-refractivity contribution in [2.45, 2.75) is 38.9 Å². The van der Waals surface area contributed by atoms with Crippen LogP contribution in [0.3, 0.4) is 0 Å². The normalized spacial score (nSPS) is 16.2. The maximum atomic E-state index is 6.56. The molecule has 7 aromatic rings. The summed E-state index contributed by atoms with van der Waals surface area (Å²) in [5, 5.41) is 6.89. The maximum Gasteiger partial charge on any atom is 0.495 e. The van der Waals surface area contributed by atoms with Gasteiger partial charge in [-0.05, 0) is 89.8 Å². The van der Waals surface area contributed by atoms with Crippen molar-refractivity contribution in [1.29, 1.82) is 0 Å². The molecule has 8 rings (SSSR count). The number of furan rings is 1. The molecule has 0 aliphatic carbocycles. The zero-order valence-electron chi connectivity index (χ0n) is 24.3. The van der Waals surface area contributed by atoms with Crippen LogP contribution in [-0.2, 0) is 9.31 Å². The molecule has 2 heterocycles. The van der Waals surface area contributed by atoms with E-state index in [9.17, 15) is 0 Å². The summed E-state index contributed by atoms with van der Waals surface area (Å²) in [7, 11) is -0.476. The predicted octanol–water partition coefficient (Wildman–Crippen LogP) is 9.53. The van der Waals surface area contributed by atoms with Crippen LogP contribution in [0.2, 0.25) is 0 Å². The lowest BCUT2D eigenvalue weighted by Gasteiger charge is -2.32. The van der Waals surface area contributed by atoms with E-state index in [-0.39, 0.29) is 0 Å². The first-order valence-electron chi connectivity index (χ1n) is 14.6. The van der Waals surface area contributed by atoms with Crippen molar-refractivity contribution >= 4 is 56.1 Å². The van der Waals surface area contributed by atoms with Crippen LogP contribution < -0.4 is 5.46 Å². The summed E-state index contributed by atoms with van der Waals surface area (Å²) in [6, 6.07) is 41.0. The molecular formula is C38H31BO3. The average Bonchev–Trinajstić information content (AvgIpc) is 3.49. The highest BCUT2D eigenvalue weighted by molar-refractivity contribution is 6.66. The Morgan fingerprint density at radius 3 is 1.93 bits per heavy atom. The second kappa shape index (κ2) is 9.06. The summed E-state index contributed by atoms with van der Waals surface area (Å²) >= 11 is 0. The molecular weight excluding hydrogens is 515 g/mol. The third-order valence-corrected chi connectivity index (χ3v) is 9.32. The smallest absolute Gasteiger partial charge is 0.455 e. The van der Waals surface area contributed by atoms with E-state index in [4.69, 9.17) is 13.7 Å². The van der Waals surface area contributed by atoms with E-state index in [0.717, 1.165) is 32.8 Å². The first kappa shape index (κ1) is 25.3. The summed E-state index contributed by atoms with van der Waals surface area (Å²) in [6.45, 7) is 8.36. The van der Waals surface area contributed by atoms with Crippen LogP contribution in [0.1, 0.15) is 27.7 Å². The van der Waals surface area contributed by atoms with Gasteiger partial charge in [-0.2, -0.15) is 0 Å². The fraction of sp³-hybridized carbons (Fsp3) is 0.158. The molecule has 1 aliphatic heterocycles. The summed E-state index contributed by atoms with van der Waals surface area (Å²) < 4.78 is 19.6. The van der Waals surface area contributed by atoms with Gasteiger partial charge < -0.3 is 13.7 Å². The topological polar surface area (TPSA) is 31.6 Å². The molecule has 4 heteroatoms. The predicted molar refractivity (Wildman–Crippen MR) is 175 cm³/mol. The Morgan fingerprint density at radius 2 is 1.17 bits per heavy atom. The molecule has 1 aromatic heterocycles. The van der Waals surface area contributed by atoms with Gasteiger partial charge in [-0.1, -0.05) is 97.1 Å². The molecule has 1 aliphatic rings. The minimum Gasteiger partial charge on any atom is -0.455 e. The molecule has 1 saturated heterocycles. The zero-order valence-corrected chi connectivity index (χ0v) is 24.3. The van der Waals surface area contributed by atoms with E-state index >= 15 is 0 Å². The van der Waals surface area contributed by atoms with E-state index in [1.165, 1.54) is 38.4 Å². The lowest BCUT2D eigenvalue weighted by Crippen LogP contribution is -2.41. The lowest BCUT2D eigenvalue weighted by atomic mass is 9.76. The van der Waals surface area contributed by atoms with Crippen LogP contribution in [0, 0.1) is 0 Å². The second-order valence-electron chi connectivity index (χ2n) is 12.4. The van der Waals surface area contributed by atoms with Crippen LogP contribution in [0.4, 0.5) is 0 Å². The average molecular weight is 546 g/mol. The second-order valence-corrected chi connectivity index (χ2v) is 12.4. The van der Waals surface area contributed by atoms with Gasteiger partial charge in [0.2, 0.25) is 0 Å². The van der Waals surface area contributed by atoms with E-state index in [1.54, 1.807) is 0 Å². The maximum absolute atomic E-state index is 6.56. The van der Waals surface area contributed by atoms with Crippen molar-refractivity contribution in [2.75, 3.05) is 0 Å². The van der Waals surface area contributed by atoms with Crippen molar-refractivity contribution in [3.63, 3.8) is 0 Å². The fourth-order valence-corrected chi connectivity index (χ4v) is 6.29. The molecule has 0 radical (unpaired) electrons. The highest BCUT2D eigenvalue weighted by Crippen LogP contribution is 2.42. The van der Waals surface area contributed by atoms with Crippen LogP contribution in [0.25, 0.3) is 65.7 Å². The Morgan fingerprint density at radius 1 is 0.524 bits per heavy atom. The summed E-state index contributed by atoms with van der Waals surface area (Å²) in [4.78, 5) is 0. The molecule has 0 amide bonds. The van der Waals surface area contributed by atoms with Gasteiger partial charge in [0.05, 0.1) is 11.2 Å². The van der Waals surface area contributed by atoms with Crippen molar-refractivity contribution in [3.8, 4) is 22.3 Å². The third kappa shape index (κ3) is 3.83. The molecule has 3 nitrogen and oxygen atoms in total. The van der Waals surface area contributed by atoms with Crippen LogP contribution in [-0.4, -0.2) is 18.3 Å². The van der Waals surface area contributed by atoms with E-state index < -0.39 is 18.3 Å². The summed E-state index contributed by atoms with van der Waals surface area (Å²) in [6.07, 6.45) is 0. The van der Waals surface area contributed by atoms with Gasteiger partial charge in [0.15, 0.2) is 0 Å². The van der Waals surface area contributed by atoms with Gasteiger partial charge in [-0.25, -0.2) is 0 Å². The first-order valence-corrected chi connectivity index (χ1v) is 14.6. The van der Waals surface area contributed by atoms with Gasteiger partial charge in [-0.3, -0.25) is 0 Å². The minimum absolute atomic E-state index is 0.427. The molecule has 42 heavy (non-hydrogen) atoms. The third-order valence-electron chi connectivity index (χ3n) is 9.32. The van der Waals surface area contributed by atoms with Crippen molar-refractivity contribution in [3.05, 3.63) is 115 Å². The van der Waals surface area contributed by atoms with Crippen molar-refractivity contribution < 1.29 is 13.7 Å². The number of fused-ring (bicyclic) bond motifs is 6. The zero-order chi connectivity index (χ0) is 28.6. The number of hydrogen-bond donors (Lipinski definition) is 0. The molecule has 1 fully saturated rings. The molecule has 0 bridgehead atoms. The monoisotopic (exact) mass is 546 g/mol. The Hall–Kier alpha value is -4.38. The van der Waals surface area contributed by atoms with E-state index in [2.05, 4.69) is 131 Å². The van der Waals surface area contributed by atoms with Crippen molar-refractivity contribution in [2.24, 2.45) is 0 Å². The van der Waals surface area contributed by atoms with Gasteiger partial charge >= 0.3 is 7.12 Å². The SMILES string of the molecule is CC1(C)OB(c2cccc3oc4c5ccccc5c(-c5ccc(-c6ccc7ccccc7c6)cc5)cc4c23)OC1(C)C. The first-order chi connectivity index (χ1) is 20.3. The largest absolute Gasteiger partial charge is 0.495 e. The van der Waals surface area contributed by atoms with E-state index in [0.29, 0.717) is 0 Å². The minimum atomic E-state index is -0.476. The molecule has 204 valence electrons. The molecule has 0 unspecified atom stereocenters. The van der Waals surface area contributed by atoms with Gasteiger partial charge in [0, 0.05) is 16.2 Å². The summed E-state index contributed by atoms with van der Waals surface area (Å²) in [5.41, 5.74) is 6.63. The van der Waals surface area contributed by atoms with Gasteiger partial charge in [-0.15, -0.1) is 0 Å². The van der Waals surface area contributed by atoms with Gasteiger partial charge in [0.25, 0.3) is 0 Å². The van der Waals surface area contributed by atoms with Crippen LogP contribution in [0.5, 0.6) is 0 Å². The Bertz CT molecular complexity index is 2140.